The highest BCUT2D eigenvalue weighted by atomic mass is 16.4. The predicted molar refractivity (Wildman–Crippen MR) is 69.3 cm³/mol. The highest BCUT2D eigenvalue weighted by molar-refractivity contribution is 5.93. The van der Waals surface area contributed by atoms with Crippen molar-refractivity contribution in [2.45, 2.75) is 19.4 Å². The van der Waals surface area contributed by atoms with Gasteiger partial charge in [-0.2, -0.15) is 0 Å². The number of hydrogen-bond acceptors (Lipinski definition) is 3. The molecule has 0 fully saturated rings. The van der Waals surface area contributed by atoms with Gasteiger partial charge in [-0.3, -0.25) is 9.59 Å². The number of carboxylic acid groups (broad SMARTS) is 1. The summed E-state index contributed by atoms with van der Waals surface area (Å²) in [5.74, 6) is -1.24. The van der Waals surface area contributed by atoms with Crippen LogP contribution in [0.5, 0.6) is 0 Å². The van der Waals surface area contributed by atoms with E-state index in [9.17, 15) is 9.59 Å². The average Bonchev–Trinajstić information content (AvgIpc) is 2.28. The lowest BCUT2D eigenvalue weighted by Crippen LogP contribution is -2.17. The van der Waals surface area contributed by atoms with Crippen molar-refractivity contribution < 1.29 is 14.7 Å². The highest BCUT2D eigenvalue weighted by Crippen LogP contribution is 2.16. The number of nitrogens with zero attached hydrogens (tertiary/aromatic N) is 1. The Hall–Kier alpha value is -1.88. The molecule has 0 spiro atoms. The zero-order chi connectivity index (χ0) is 13.5. The van der Waals surface area contributed by atoms with E-state index in [1.165, 1.54) is 0 Å². The van der Waals surface area contributed by atoms with Gasteiger partial charge in [0.2, 0.25) is 5.91 Å². The van der Waals surface area contributed by atoms with Crippen molar-refractivity contribution in [3.8, 4) is 0 Å². The van der Waals surface area contributed by atoms with Crippen LogP contribution in [-0.2, 0) is 16.1 Å². The first kappa shape index (κ1) is 14.2. The number of para-hydroxylation sites is 1. The molecule has 0 unspecified atom stereocenters. The summed E-state index contributed by atoms with van der Waals surface area (Å²) in [5, 5.41) is 11.3. The topological polar surface area (TPSA) is 69.6 Å². The van der Waals surface area contributed by atoms with E-state index in [0.29, 0.717) is 0 Å². The van der Waals surface area contributed by atoms with E-state index in [4.69, 9.17) is 5.11 Å². The average molecular weight is 250 g/mol. The molecule has 1 rings (SSSR count). The van der Waals surface area contributed by atoms with Gasteiger partial charge in [0.1, 0.15) is 0 Å². The van der Waals surface area contributed by atoms with Crippen LogP contribution in [0.4, 0.5) is 5.69 Å². The van der Waals surface area contributed by atoms with Crippen LogP contribution in [0.2, 0.25) is 0 Å². The first-order valence-corrected chi connectivity index (χ1v) is 5.73. The number of nitrogens with one attached hydrogen (secondary N) is 1. The number of carbonyl (C=O) groups is 2. The minimum Gasteiger partial charge on any atom is -0.481 e. The van der Waals surface area contributed by atoms with E-state index < -0.39 is 5.97 Å². The number of aliphatic carboxylic acids is 1. The van der Waals surface area contributed by atoms with Crippen LogP contribution in [0.15, 0.2) is 24.3 Å². The molecule has 1 aromatic carbocycles. The molecule has 0 aliphatic heterocycles. The van der Waals surface area contributed by atoms with Gasteiger partial charge < -0.3 is 15.3 Å². The fraction of sp³-hybridized carbons (Fsp3) is 0.385. The van der Waals surface area contributed by atoms with Crippen LogP contribution in [-0.4, -0.2) is 36.0 Å². The molecule has 0 aromatic heterocycles. The van der Waals surface area contributed by atoms with Crippen molar-refractivity contribution in [1.29, 1.82) is 0 Å². The summed E-state index contributed by atoms with van der Waals surface area (Å²) in [4.78, 5) is 24.0. The Morgan fingerprint density at radius 3 is 2.50 bits per heavy atom. The minimum absolute atomic E-state index is 0.00830. The Morgan fingerprint density at radius 1 is 1.22 bits per heavy atom. The summed E-state index contributed by atoms with van der Waals surface area (Å²) in [5.41, 5.74) is 1.74. The van der Waals surface area contributed by atoms with Crippen molar-refractivity contribution in [2.75, 3.05) is 19.4 Å². The Labute approximate surface area is 106 Å². The summed E-state index contributed by atoms with van der Waals surface area (Å²) in [6, 6.07) is 7.50. The lowest BCUT2D eigenvalue weighted by atomic mass is 10.1. The number of anilines is 1. The lowest BCUT2D eigenvalue weighted by Gasteiger charge is -2.14. The summed E-state index contributed by atoms with van der Waals surface area (Å²) in [6.07, 6.45) is -0.159. The van der Waals surface area contributed by atoms with E-state index in [1.807, 2.05) is 43.3 Å². The van der Waals surface area contributed by atoms with Gasteiger partial charge in [-0.25, -0.2) is 0 Å². The number of benzene rings is 1. The third-order valence-electron chi connectivity index (χ3n) is 2.34. The minimum atomic E-state index is -0.966. The van der Waals surface area contributed by atoms with Crippen LogP contribution < -0.4 is 5.32 Å². The zero-order valence-corrected chi connectivity index (χ0v) is 10.6. The van der Waals surface area contributed by atoms with Gasteiger partial charge in [0.15, 0.2) is 0 Å². The van der Waals surface area contributed by atoms with Gasteiger partial charge in [-0.05, 0) is 25.7 Å². The largest absolute Gasteiger partial charge is 0.481 e. The number of rotatable bonds is 6. The molecule has 1 aromatic rings. The predicted octanol–water partition coefficient (Wildman–Crippen LogP) is 1.55. The highest BCUT2D eigenvalue weighted by Gasteiger charge is 2.08. The zero-order valence-electron chi connectivity index (χ0n) is 10.6. The Bertz CT molecular complexity index is 430. The Kier molecular flexibility index (Phi) is 5.32. The van der Waals surface area contributed by atoms with Crippen molar-refractivity contribution >= 4 is 17.6 Å². The molecule has 0 aliphatic rings. The molecule has 5 nitrogen and oxygen atoms in total. The molecule has 2 N–H and O–H groups in total. The van der Waals surface area contributed by atoms with Gasteiger partial charge in [-0.1, -0.05) is 18.2 Å². The van der Waals surface area contributed by atoms with E-state index in [1.54, 1.807) is 0 Å². The van der Waals surface area contributed by atoms with Crippen molar-refractivity contribution in [3.63, 3.8) is 0 Å². The smallest absolute Gasteiger partial charge is 0.303 e. The number of carbonyl (C=O) groups excluding carboxylic acids is 1. The second kappa shape index (κ2) is 6.76. The monoisotopic (exact) mass is 250 g/mol. The molecule has 5 heteroatoms. The lowest BCUT2D eigenvalue weighted by molar-refractivity contribution is -0.138. The second-order valence-electron chi connectivity index (χ2n) is 4.34. The van der Waals surface area contributed by atoms with Crippen molar-refractivity contribution in [2.24, 2.45) is 0 Å². The van der Waals surface area contributed by atoms with Crippen LogP contribution in [0, 0.1) is 0 Å². The fourth-order valence-corrected chi connectivity index (χ4v) is 1.55. The SMILES string of the molecule is CN(C)Cc1ccccc1NC(=O)CCC(=O)O. The maximum absolute atomic E-state index is 11.6. The van der Waals surface area contributed by atoms with E-state index in [0.717, 1.165) is 17.8 Å². The van der Waals surface area contributed by atoms with Crippen molar-refractivity contribution in [3.05, 3.63) is 29.8 Å². The van der Waals surface area contributed by atoms with E-state index in [-0.39, 0.29) is 18.7 Å². The molecule has 0 radical (unpaired) electrons. The third kappa shape index (κ3) is 4.97. The second-order valence-corrected chi connectivity index (χ2v) is 4.34. The molecule has 98 valence electrons. The molecule has 0 saturated carbocycles. The molecule has 1 amide bonds. The molecule has 0 saturated heterocycles. The molecule has 0 atom stereocenters. The summed E-state index contributed by atoms with van der Waals surface area (Å²) < 4.78 is 0. The molecule has 0 bridgehead atoms. The molecular formula is C13H18N2O3. The third-order valence-corrected chi connectivity index (χ3v) is 2.34. The van der Waals surface area contributed by atoms with Crippen LogP contribution in [0.25, 0.3) is 0 Å². The van der Waals surface area contributed by atoms with Gasteiger partial charge in [0.25, 0.3) is 0 Å². The van der Waals surface area contributed by atoms with Crippen LogP contribution in [0.3, 0.4) is 0 Å². The maximum atomic E-state index is 11.6. The first-order chi connectivity index (χ1) is 8.49. The molecule has 18 heavy (non-hydrogen) atoms. The molecule has 0 aliphatic carbocycles. The normalized spacial score (nSPS) is 10.4. The number of amides is 1. The molecular weight excluding hydrogens is 232 g/mol. The fourth-order valence-electron chi connectivity index (χ4n) is 1.55. The number of hydrogen-bond donors (Lipinski definition) is 2. The quantitative estimate of drug-likeness (QED) is 0.803. The van der Waals surface area contributed by atoms with Gasteiger partial charge >= 0.3 is 5.97 Å². The summed E-state index contributed by atoms with van der Waals surface area (Å²) >= 11 is 0. The Balaban J connectivity index is 2.65. The Morgan fingerprint density at radius 2 is 1.89 bits per heavy atom. The van der Waals surface area contributed by atoms with Gasteiger partial charge in [-0.15, -0.1) is 0 Å². The van der Waals surface area contributed by atoms with Gasteiger partial charge in [0.05, 0.1) is 6.42 Å². The standard InChI is InChI=1S/C13H18N2O3/c1-15(2)9-10-5-3-4-6-11(10)14-12(16)7-8-13(17)18/h3-6H,7-9H2,1-2H3,(H,14,16)(H,17,18). The summed E-state index contributed by atoms with van der Waals surface area (Å²) in [7, 11) is 3.89. The van der Waals surface area contributed by atoms with E-state index >= 15 is 0 Å². The first-order valence-electron chi connectivity index (χ1n) is 5.73. The van der Waals surface area contributed by atoms with E-state index in [2.05, 4.69) is 5.32 Å². The van der Waals surface area contributed by atoms with Crippen molar-refractivity contribution in [1.82, 2.24) is 4.90 Å². The summed E-state index contributed by atoms with van der Waals surface area (Å²) in [6.45, 7) is 0.718. The number of carboxylic acids is 1. The van der Waals surface area contributed by atoms with Gasteiger partial charge in [0, 0.05) is 18.7 Å². The maximum Gasteiger partial charge on any atom is 0.303 e. The van der Waals surface area contributed by atoms with Crippen LogP contribution >= 0.6 is 0 Å². The molecule has 0 heterocycles. The van der Waals surface area contributed by atoms with Crippen LogP contribution in [0.1, 0.15) is 18.4 Å².